The van der Waals surface area contributed by atoms with Gasteiger partial charge in [-0.15, -0.1) is 0 Å². The molecule has 140 valence electrons. The van der Waals surface area contributed by atoms with Crippen LogP contribution >= 0.6 is 0 Å². The van der Waals surface area contributed by atoms with Crippen LogP contribution < -0.4 is 0 Å². The zero-order chi connectivity index (χ0) is 18.0. The van der Waals surface area contributed by atoms with Crippen molar-refractivity contribution >= 4 is 11.3 Å². The zero-order valence-electron chi connectivity index (χ0n) is 15.8. The van der Waals surface area contributed by atoms with E-state index in [9.17, 15) is 4.79 Å². The summed E-state index contributed by atoms with van der Waals surface area (Å²) in [6.07, 6.45) is 16.7. The van der Waals surface area contributed by atoms with E-state index in [0.29, 0.717) is 11.7 Å². The Balaban J connectivity index is 1.24. The molecule has 1 saturated heterocycles. The number of pyridine rings is 1. The van der Waals surface area contributed by atoms with Crippen molar-refractivity contribution in [1.29, 1.82) is 0 Å². The van der Waals surface area contributed by atoms with Crippen molar-refractivity contribution in [2.24, 2.45) is 17.8 Å². The molecular weight excluding hydrogens is 334 g/mol. The number of nitrogens with zero attached hydrogens (tertiary/aromatic N) is 3. The number of rotatable bonds is 4. The van der Waals surface area contributed by atoms with E-state index in [1.807, 2.05) is 16.9 Å². The maximum absolute atomic E-state index is 13.5. The minimum absolute atomic E-state index is 0.166. The Bertz CT molecular complexity index is 930. The highest BCUT2D eigenvalue weighted by Gasteiger charge is 2.44. The van der Waals surface area contributed by atoms with Crippen LogP contribution in [0.4, 0.5) is 0 Å². The number of fused-ring (bicyclic) bond motifs is 2. The van der Waals surface area contributed by atoms with Crippen molar-refractivity contribution in [3.63, 3.8) is 0 Å². The van der Waals surface area contributed by atoms with E-state index in [0.717, 1.165) is 48.8 Å². The number of carbonyl (C=O) groups is 1. The molecule has 2 saturated carbocycles. The Labute approximate surface area is 160 Å². The first-order valence-electron chi connectivity index (χ1n) is 10.7. The SMILES string of the molecule is O=C(c1c(C2CC2)ccn2cncc12)C1CCN(C2=CCCC3CC23)CC1. The predicted molar refractivity (Wildman–Crippen MR) is 105 cm³/mol. The van der Waals surface area contributed by atoms with E-state index in [1.165, 1.54) is 37.7 Å². The van der Waals surface area contributed by atoms with Crippen LogP contribution in [0.3, 0.4) is 0 Å². The van der Waals surface area contributed by atoms with Crippen LogP contribution in [0.1, 0.15) is 66.8 Å². The summed E-state index contributed by atoms with van der Waals surface area (Å²) in [7, 11) is 0. The van der Waals surface area contributed by atoms with Gasteiger partial charge in [-0.05, 0) is 68.4 Å². The van der Waals surface area contributed by atoms with Crippen molar-refractivity contribution in [2.75, 3.05) is 13.1 Å². The third-order valence-corrected chi connectivity index (χ3v) is 7.31. The lowest BCUT2D eigenvalue weighted by Crippen LogP contribution is -2.37. The second-order valence-electron chi connectivity index (χ2n) is 9.04. The molecule has 3 aliphatic carbocycles. The molecule has 3 heterocycles. The van der Waals surface area contributed by atoms with Crippen LogP contribution in [0.5, 0.6) is 0 Å². The molecule has 0 aromatic carbocycles. The normalized spacial score (nSPS) is 28.1. The van der Waals surface area contributed by atoms with Crippen molar-refractivity contribution in [1.82, 2.24) is 14.3 Å². The van der Waals surface area contributed by atoms with Gasteiger partial charge < -0.3 is 9.30 Å². The van der Waals surface area contributed by atoms with Gasteiger partial charge in [0.1, 0.15) is 0 Å². The highest BCUT2D eigenvalue weighted by atomic mass is 16.1. The summed E-state index contributed by atoms with van der Waals surface area (Å²) < 4.78 is 2.01. The molecular formula is C23H27N3O. The Morgan fingerprint density at radius 3 is 2.78 bits per heavy atom. The molecule has 0 spiro atoms. The summed E-state index contributed by atoms with van der Waals surface area (Å²) in [6.45, 7) is 2.10. The molecule has 0 radical (unpaired) electrons. The molecule has 4 aliphatic rings. The number of hydrogen-bond donors (Lipinski definition) is 0. The van der Waals surface area contributed by atoms with Gasteiger partial charge in [-0.25, -0.2) is 4.98 Å². The summed E-state index contributed by atoms with van der Waals surface area (Å²) in [5.41, 5.74) is 4.85. The van der Waals surface area contributed by atoms with Gasteiger partial charge in [-0.3, -0.25) is 4.79 Å². The Morgan fingerprint density at radius 1 is 1.11 bits per heavy atom. The highest BCUT2D eigenvalue weighted by molar-refractivity contribution is 6.05. The lowest BCUT2D eigenvalue weighted by Gasteiger charge is -2.36. The number of hydrogen-bond acceptors (Lipinski definition) is 3. The molecule has 0 N–H and O–H groups in total. The molecule has 0 bridgehead atoms. The van der Waals surface area contributed by atoms with Gasteiger partial charge in [0.25, 0.3) is 0 Å². The minimum atomic E-state index is 0.166. The molecule has 0 amide bonds. The van der Waals surface area contributed by atoms with Gasteiger partial charge in [0.2, 0.25) is 0 Å². The molecule has 6 rings (SSSR count). The Hall–Kier alpha value is -2.10. The van der Waals surface area contributed by atoms with E-state index in [2.05, 4.69) is 28.2 Å². The average Bonchev–Trinajstić information content (AvgIpc) is 3.63. The van der Waals surface area contributed by atoms with Crippen LogP contribution in [0, 0.1) is 17.8 Å². The first-order valence-corrected chi connectivity index (χ1v) is 10.7. The summed E-state index contributed by atoms with van der Waals surface area (Å²) in [6, 6.07) is 2.16. The van der Waals surface area contributed by atoms with Crippen LogP contribution in [0.15, 0.2) is 36.6 Å². The van der Waals surface area contributed by atoms with Gasteiger partial charge in [0.05, 0.1) is 18.0 Å². The number of carbonyl (C=O) groups excluding carboxylic acids is 1. The monoisotopic (exact) mass is 361 g/mol. The van der Waals surface area contributed by atoms with Crippen LogP contribution in [0.2, 0.25) is 0 Å². The van der Waals surface area contributed by atoms with Gasteiger partial charge in [-0.2, -0.15) is 0 Å². The molecule has 2 aromatic rings. The van der Waals surface area contributed by atoms with Crippen molar-refractivity contribution < 1.29 is 4.79 Å². The number of imidazole rings is 1. The second-order valence-corrected chi connectivity index (χ2v) is 9.04. The molecule has 27 heavy (non-hydrogen) atoms. The highest BCUT2D eigenvalue weighted by Crippen LogP contribution is 2.51. The number of ketones is 1. The molecule has 2 aromatic heterocycles. The molecule has 2 atom stereocenters. The number of aromatic nitrogens is 2. The summed E-state index contributed by atoms with van der Waals surface area (Å²) in [5.74, 6) is 2.92. The quantitative estimate of drug-likeness (QED) is 0.757. The second kappa shape index (κ2) is 5.95. The molecule has 4 nitrogen and oxygen atoms in total. The number of allylic oxidation sites excluding steroid dienone is 2. The van der Waals surface area contributed by atoms with E-state index in [1.54, 1.807) is 5.70 Å². The first-order chi connectivity index (χ1) is 13.3. The van der Waals surface area contributed by atoms with Crippen molar-refractivity contribution in [3.05, 3.63) is 47.7 Å². The van der Waals surface area contributed by atoms with E-state index in [-0.39, 0.29) is 5.92 Å². The fourth-order valence-corrected chi connectivity index (χ4v) is 5.51. The average molecular weight is 361 g/mol. The van der Waals surface area contributed by atoms with Crippen molar-refractivity contribution in [3.8, 4) is 0 Å². The molecule has 1 aliphatic heterocycles. The van der Waals surface area contributed by atoms with E-state index in [4.69, 9.17) is 0 Å². The van der Waals surface area contributed by atoms with Gasteiger partial charge >= 0.3 is 0 Å². The lowest BCUT2D eigenvalue weighted by atomic mass is 9.85. The molecule has 3 fully saturated rings. The van der Waals surface area contributed by atoms with Gasteiger partial charge in [-0.1, -0.05) is 6.08 Å². The number of Topliss-reactive ketones (excluding diaryl/α,β-unsaturated/α-hetero) is 1. The predicted octanol–water partition coefficient (Wildman–Crippen LogP) is 4.42. The fourth-order valence-electron chi connectivity index (χ4n) is 5.51. The first kappa shape index (κ1) is 15.9. The van der Waals surface area contributed by atoms with Crippen LogP contribution in [0.25, 0.3) is 5.52 Å². The maximum Gasteiger partial charge on any atom is 0.168 e. The van der Waals surface area contributed by atoms with Crippen LogP contribution in [-0.4, -0.2) is 33.2 Å². The summed E-state index contributed by atoms with van der Waals surface area (Å²) >= 11 is 0. The number of piperidine rings is 1. The molecule has 2 unspecified atom stereocenters. The number of likely N-dealkylation sites (tertiary alicyclic amines) is 1. The standard InChI is InChI=1S/C23H27N3O/c27-23(22-18(15-4-5-15)8-11-26-14-24-13-21(22)26)16-6-9-25(10-7-16)20-3-1-2-17-12-19(17)20/h3,8,11,13-17,19H,1-2,4-7,9-10,12H2. The van der Waals surface area contributed by atoms with Gasteiger partial charge in [0.15, 0.2) is 5.78 Å². The maximum atomic E-state index is 13.5. The van der Waals surface area contributed by atoms with E-state index < -0.39 is 0 Å². The third-order valence-electron chi connectivity index (χ3n) is 7.31. The van der Waals surface area contributed by atoms with Crippen molar-refractivity contribution in [2.45, 2.75) is 50.9 Å². The third kappa shape index (κ3) is 2.64. The molecule has 4 heteroatoms. The largest absolute Gasteiger partial charge is 0.375 e. The van der Waals surface area contributed by atoms with E-state index >= 15 is 0 Å². The summed E-state index contributed by atoms with van der Waals surface area (Å²) in [4.78, 5) is 20.4. The minimum Gasteiger partial charge on any atom is -0.375 e. The Kier molecular flexibility index (Phi) is 3.51. The van der Waals surface area contributed by atoms with Gasteiger partial charge in [0, 0.05) is 42.4 Å². The summed E-state index contributed by atoms with van der Waals surface area (Å²) in [5, 5.41) is 0. The topological polar surface area (TPSA) is 37.6 Å². The Morgan fingerprint density at radius 2 is 1.96 bits per heavy atom. The van der Waals surface area contributed by atoms with Crippen LogP contribution in [-0.2, 0) is 0 Å². The lowest BCUT2D eigenvalue weighted by molar-refractivity contribution is 0.0856. The fraction of sp³-hybridized carbons (Fsp3) is 0.565. The zero-order valence-corrected chi connectivity index (χ0v) is 15.8. The smallest absolute Gasteiger partial charge is 0.168 e.